The van der Waals surface area contributed by atoms with Gasteiger partial charge in [0.2, 0.25) is 0 Å². The van der Waals surface area contributed by atoms with Crippen LogP contribution in [0.3, 0.4) is 0 Å². The third kappa shape index (κ3) is 4.08. The molecule has 0 unspecified atom stereocenters. The maximum absolute atomic E-state index is 13.4. The highest BCUT2D eigenvalue weighted by molar-refractivity contribution is 5.86. The molecule has 1 aliphatic carbocycles. The van der Waals surface area contributed by atoms with Crippen molar-refractivity contribution in [3.05, 3.63) is 35.0 Å². The number of benzene rings is 1. The quantitative estimate of drug-likeness (QED) is 0.632. The van der Waals surface area contributed by atoms with Crippen LogP contribution in [0.15, 0.2) is 18.2 Å². The zero-order valence-electron chi connectivity index (χ0n) is 20.8. The molecule has 2 aromatic rings. The third-order valence-electron chi connectivity index (χ3n) is 9.45. The minimum absolute atomic E-state index is 0.0432. The fourth-order valence-electron chi connectivity index (χ4n) is 7.42. The molecule has 1 aromatic heterocycles. The molecule has 0 spiro atoms. The predicted molar refractivity (Wildman–Crippen MR) is 131 cm³/mol. The van der Waals surface area contributed by atoms with Crippen LogP contribution >= 0.6 is 0 Å². The molecule has 4 aliphatic rings. The summed E-state index contributed by atoms with van der Waals surface area (Å²) < 4.78 is 45.9. The molecule has 9 heteroatoms. The number of rotatable bonds is 4. The van der Waals surface area contributed by atoms with E-state index in [-0.39, 0.29) is 17.5 Å². The first-order valence-electron chi connectivity index (χ1n) is 13.3. The lowest BCUT2D eigenvalue weighted by atomic mass is 9.68. The number of nitrogens with zero attached hydrogens (tertiary/aromatic N) is 2. The SMILES string of the molecule is C[C@H]1c2c([nH]c3ccc(C(F)(F)F)cc23)C[C@H]2CCN(CCC3(N4CCNC4=O)CCOCC3)C[C@@H]21. The van der Waals surface area contributed by atoms with Crippen molar-refractivity contribution < 1.29 is 22.7 Å². The Balaban J connectivity index is 1.20. The van der Waals surface area contributed by atoms with Gasteiger partial charge in [0.05, 0.1) is 11.1 Å². The van der Waals surface area contributed by atoms with E-state index < -0.39 is 11.7 Å². The first-order chi connectivity index (χ1) is 17.2. The van der Waals surface area contributed by atoms with Crippen molar-refractivity contribution in [1.82, 2.24) is 20.1 Å². The average molecular weight is 505 g/mol. The number of hydrogen-bond donors (Lipinski definition) is 2. The van der Waals surface area contributed by atoms with Gasteiger partial charge < -0.3 is 24.8 Å². The number of urea groups is 1. The highest BCUT2D eigenvalue weighted by atomic mass is 19.4. The van der Waals surface area contributed by atoms with Crippen LogP contribution in [0.25, 0.3) is 10.9 Å². The maximum Gasteiger partial charge on any atom is 0.416 e. The summed E-state index contributed by atoms with van der Waals surface area (Å²) in [7, 11) is 0. The molecule has 2 amide bonds. The maximum atomic E-state index is 13.4. The van der Waals surface area contributed by atoms with Crippen LogP contribution in [0.4, 0.5) is 18.0 Å². The van der Waals surface area contributed by atoms with E-state index >= 15 is 0 Å². The number of likely N-dealkylation sites (tertiary alicyclic amines) is 1. The first-order valence-corrected chi connectivity index (χ1v) is 13.3. The smallest absolute Gasteiger partial charge is 0.381 e. The Labute approximate surface area is 209 Å². The second-order valence-electron chi connectivity index (χ2n) is 11.3. The van der Waals surface area contributed by atoms with E-state index in [0.29, 0.717) is 31.6 Å². The van der Waals surface area contributed by atoms with Gasteiger partial charge in [-0.25, -0.2) is 4.79 Å². The highest BCUT2D eigenvalue weighted by Gasteiger charge is 2.44. The van der Waals surface area contributed by atoms with Crippen LogP contribution in [0.1, 0.15) is 55.3 Å². The molecule has 3 fully saturated rings. The largest absolute Gasteiger partial charge is 0.416 e. The number of carbonyl (C=O) groups is 1. The van der Waals surface area contributed by atoms with E-state index in [0.717, 1.165) is 80.4 Å². The van der Waals surface area contributed by atoms with Crippen LogP contribution in [0, 0.1) is 11.8 Å². The molecular weight excluding hydrogens is 469 g/mol. The van der Waals surface area contributed by atoms with Crippen molar-refractivity contribution in [2.75, 3.05) is 45.9 Å². The van der Waals surface area contributed by atoms with Gasteiger partial charge in [-0.05, 0) is 80.2 Å². The monoisotopic (exact) mass is 504 g/mol. The van der Waals surface area contributed by atoms with Crippen molar-refractivity contribution in [3.63, 3.8) is 0 Å². The molecule has 6 rings (SSSR count). The van der Waals surface area contributed by atoms with Crippen molar-refractivity contribution in [3.8, 4) is 0 Å². The number of piperidine rings is 1. The molecule has 4 heterocycles. The Morgan fingerprint density at radius 1 is 1.19 bits per heavy atom. The second-order valence-corrected chi connectivity index (χ2v) is 11.3. The van der Waals surface area contributed by atoms with Gasteiger partial charge in [0.25, 0.3) is 0 Å². The highest BCUT2D eigenvalue weighted by Crippen LogP contribution is 2.47. The lowest BCUT2D eigenvalue weighted by Crippen LogP contribution is -2.55. The zero-order chi connectivity index (χ0) is 25.1. The fourth-order valence-corrected chi connectivity index (χ4v) is 7.42. The van der Waals surface area contributed by atoms with Crippen molar-refractivity contribution in [2.24, 2.45) is 11.8 Å². The Morgan fingerprint density at radius 3 is 2.72 bits per heavy atom. The molecular formula is C27H35F3N4O2. The van der Waals surface area contributed by atoms with Gasteiger partial charge in [-0.2, -0.15) is 13.2 Å². The van der Waals surface area contributed by atoms with Crippen LogP contribution in [0.5, 0.6) is 0 Å². The van der Waals surface area contributed by atoms with Crippen molar-refractivity contribution >= 4 is 16.9 Å². The third-order valence-corrected chi connectivity index (χ3v) is 9.45. The van der Waals surface area contributed by atoms with E-state index in [2.05, 4.69) is 22.1 Å². The molecule has 1 aromatic carbocycles. The fraction of sp³-hybridized carbons (Fsp3) is 0.667. The zero-order valence-corrected chi connectivity index (χ0v) is 20.8. The molecule has 0 saturated carbocycles. The average Bonchev–Trinajstić information content (AvgIpc) is 3.46. The van der Waals surface area contributed by atoms with Gasteiger partial charge in [-0.3, -0.25) is 0 Å². The number of aromatic nitrogens is 1. The van der Waals surface area contributed by atoms with Gasteiger partial charge in [0.15, 0.2) is 0 Å². The molecule has 196 valence electrons. The van der Waals surface area contributed by atoms with Gasteiger partial charge in [-0.1, -0.05) is 6.92 Å². The Kier molecular flexibility index (Phi) is 5.98. The predicted octanol–water partition coefficient (Wildman–Crippen LogP) is 4.75. The number of amides is 2. The van der Waals surface area contributed by atoms with Gasteiger partial charge in [0, 0.05) is 56.0 Å². The number of carbonyl (C=O) groups excluding carboxylic acids is 1. The van der Waals surface area contributed by atoms with Crippen LogP contribution < -0.4 is 5.32 Å². The first kappa shape index (κ1) is 24.1. The van der Waals surface area contributed by atoms with Crippen LogP contribution in [-0.2, 0) is 17.3 Å². The number of hydrogen-bond acceptors (Lipinski definition) is 3. The van der Waals surface area contributed by atoms with Gasteiger partial charge in [-0.15, -0.1) is 0 Å². The van der Waals surface area contributed by atoms with Gasteiger partial charge >= 0.3 is 12.2 Å². The molecule has 36 heavy (non-hydrogen) atoms. The summed E-state index contributed by atoms with van der Waals surface area (Å²) in [6.45, 7) is 7.94. The normalized spacial score (nSPS) is 28.7. The molecule has 2 N–H and O–H groups in total. The number of alkyl halides is 3. The van der Waals surface area contributed by atoms with Crippen molar-refractivity contribution in [1.29, 1.82) is 0 Å². The Hall–Kier alpha value is -2.26. The number of aromatic amines is 1. The Morgan fingerprint density at radius 2 is 2.00 bits per heavy atom. The molecule has 3 aliphatic heterocycles. The summed E-state index contributed by atoms with van der Waals surface area (Å²) in [5, 5.41) is 3.69. The van der Waals surface area contributed by atoms with Crippen LogP contribution in [0.2, 0.25) is 0 Å². The lowest BCUT2D eigenvalue weighted by Gasteiger charge is -2.47. The number of ether oxygens (including phenoxy) is 1. The van der Waals surface area contributed by atoms with E-state index in [4.69, 9.17) is 4.74 Å². The van der Waals surface area contributed by atoms with Gasteiger partial charge in [0.1, 0.15) is 0 Å². The van der Waals surface area contributed by atoms with Crippen LogP contribution in [-0.4, -0.2) is 72.3 Å². The van der Waals surface area contributed by atoms with E-state index in [1.807, 2.05) is 4.90 Å². The Bertz CT molecular complexity index is 1140. The molecule has 3 saturated heterocycles. The number of nitrogens with one attached hydrogen (secondary N) is 2. The van der Waals surface area contributed by atoms with E-state index in [9.17, 15) is 18.0 Å². The number of H-pyrrole nitrogens is 1. The molecule has 0 radical (unpaired) electrons. The summed E-state index contributed by atoms with van der Waals surface area (Å²) >= 11 is 0. The second kappa shape index (κ2) is 8.94. The minimum Gasteiger partial charge on any atom is -0.381 e. The summed E-state index contributed by atoms with van der Waals surface area (Å²) in [4.78, 5) is 20.5. The molecule has 0 bridgehead atoms. The summed E-state index contributed by atoms with van der Waals surface area (Å²) in [5.41, 5.74) is 2.28. The van der Waals surface area contributed by atoms with E-state index in [1.165, 1.54) is 12.1 Å². The lowest BCUT2D eigenvalue weighted by molar-refractivity contribution is -0.137. The van der Waals surface area contributed by atoms with E-state index in [1.54, 1.807) is 6.07 Å². The van der Waals surface area contributed by atoms with Crippen molar-refractivity contribution in [2.45, 2.75) is 56.7 Å². The summed E-state index contributed by atoms with van der Waals surface area (Å²) in [5.74, 6) is 1.15. The number of fused-ring (bicyclic) bond motifs is 4. The molecule has 6 nitrogen and oxygen atoms in total. The summed E-state index contributed by atoms with van der Waals surface area (Å²) in [6.07, 6.45) is 0.338. The minimum atomic E-state index is -4.34. The standard InChI is InChI=1S/C27H35F3N4O2/c1-17-21-16-33(10-5-26(6-12-36-13-7-26)34-11-8-31-25(34)35)9-4-18(21)14-23-24(17)20-15-19(27(28,29)30)2-3-22(20)32-23/h2-3,15,17-18,21,32H,4-14,16H2,1H3,(H,31,35)/t17-,18-,21-/m1/s1. The molecule has 3 atom stereocenters. The number of halogens is 3. The summed E-state index contributed by atoms with van der Waals surface area (Å²) in [6, 6.07) is 4.14. The topological polar surface area (TPSA) is 60.6 Å².